The molecule has 0 aromatic rings. The second kappa shape index (κ2) is 7.97. The Labute approximate surface area is 83.5 Å². The van der Waals surface area contributed by atoms with Gasteiger partial charge in [-0.05, 0) is 18.8 Å². The van der Waals surface area contributed by atoms with Crippen LogP contribution in [-0.4, -0.2) is 5.25 Å². The average Bonchev–Trinajstić information content (AvgIpc) is 2.03. The van der Waals surface area contributed by atoms with Crippen LogP contribution in [0.1, 0.15) is 59.3 Å². The van der Waals surface area contributed by atoms with E-state index in [-0.39, 0.29) is 0 Å². The summed E-state index contributed by atoms with van der Waals surface area (Å²) in [6, 6.07) is 0. The first-order valence-corrected chi connectivity index (χ1v) is 5.92. The lowest BCUT2D eigenvalue weighted by atomic mass is 9.94. The average molecular weight is 188 g/mol. The molecule has 0 saturated carbocycles. The highest BCUT2D eigenvalue weighted by Gasteiger charge is 2.11. The maximum absolute atomic E-state index is 4.53. The molecule has 0 rings (SSSR count). The van der Waals surface area contributed by atoms with E-state index in [1.165, 1.54) is 38.5 Å². The van der Waals surface area contributed by atoms with Crippen molar-refractivity contribution in [1.82, 2.24) is 0 Å². The molecule has 74 valence electrons. The predicted molar refractivity (Wildman–Crippen MR) is 61.0 cm³/mol. The third-order valence-electron chi connectivity index (χ3n) is 2.52. The van der Waals surface area contributed by atoms with Crippen LogP contribution in [0.3, 0.4) is 0 Å². The highest BCUT2D eigenvalue weighted by Crippen LogP contribution is 2.22. The van der Waals surface area contributed by atoms with Crippen LogP contribution in [0.5, 0.6) is 0 Å². The fourth-order valence-corrected chi connectivity index (χ4v) is 1.95. The molecular formula is C11H24S. The molecule has 0 saturated heterocycles. The van der Waals surface area contributed by atoms with E-state index in [2.05, 4.69) is 33.4 Å². The zero-order valence-electron chi connectivity index (χ0n) is 8.84. The number of thiol groups is 1. The molecule has 0 nitrogen and oxygen atoms in total. The lowest BCUT2D eigenvalue weighted by molar-refractivity contribution is 0.423. The molecular weight excluding hydrogens is 164 g/mol. The quantitative estimate of drug-likeness (QED) is 0.447. The fraction of sp³-hybridized carbons (Fsp3) is 1.00. The number of hydrogen-bond donors (Lipinski definition) is 1. The van der Waals surface area contributed by atoms with E-state index in [0.29, 0.717) is 5.25 Å². The molecule has 0 bridgehead atoms. The van der Waals surface area contributed by atoms with Crippen LogP contribution < -0.4 is 0 Å². The highest BCUT2D eigenvalue weighted by molar-refractivity contribution is 7.80. The maximum Gasteiger partial charge on any atom is 0.00167 e. The van der Waals surface area contributed by atoms with E-state index in [9.17, 15) is 0 Å². The largest absolute Gasteiger partial charge is 0.176 e. The number of hydrogen-bond acceptors (Lipinski definition) is 1. The van der Waals surface area contributed by atoms with Gasteiger partial charge < -0.3 is 0 Å². The van der Waals surface area contributed by atoms with Gasteiger partial charge in [-0.1, -0.05) is 46.5 Å². The van der Waals surface area contributed by atoms with Crippen LogP contribution >= 0.6 is 12.6 Å². The van der Waals surface area contributed by atoms with E-state index in [4.69, 9.17) is 0 Å². The molecule has 0 amide bonds. The van der Waals surface area contributed by atoms with E-state index >= 15 is 0 Å². The smallest absolute Gasteiger partial charge is 0.00167 e. The van der Waals surface area contributed by atoms with Crippen molar-refractivity contribution < 1.29 is 0 Å². The normalized spacial score (nSPS) is 16.0. The Morgan fingerprint density at radius 2 is 1.67 bits per heavy atom. The van der Waals surface area contributed by atoms with Gasteiger partial charge in [0.15, 0.2) is 0 Å². The molecule has 0 aliphatic heterocycles. The molecule has 1 heteroatoms. The molecule has 0 aliphatic rings. The summed E-state index contributed by atoms with van der Waals surface area (Å²) in [7, 11) is 0. The van der Waals surface area contributed by atoms with Gasteiger partial charge in [-0.15, -0.1) is 0 Å². The Morgan fingerprint density at radius 3 is 2.08 bits per heavy atom. The minimum Gasteiger partial charge on any atom is -0.176 e. The predicted octanol–water partition coefficient (Wildman–Crippen LogP) is 4.30. The molecule has 0 radical (unpaired) electrons. The molecule has 0 aromatic heterocycles. The summed E-state index contributed by atoms with van der Waals surface area (Å²) < 4.78 is 0. The van der Waals surface area contributed by atoms with Crippen molar-refractivity contribution in [2.45, 2.75) is 64.5 Å². The first kappa shape index (κ1) is 12.3. The zero-order valence-corrected chi connectivity index (χ0v) is 9.74. The van der Waals surface area contributed by atoms with Gasteiger partial charge in [-0.2, -0.15) is 12.6 Å². The Hall–Kier alpha value is 0.350. The number of rotatable bonds is 7. The van der Waals surface area contributed by atoms with Gasteiger partial charge in [0.25, 0.3) is 0 Å². The van der Waals surface area contributed by atoms with Gasteiger partial charge in [-0.3, -0.25) is 0 Å². The van der Waals surface area contributed by atoms with Crippen molar-refractivity contribution in [2.75, 3.05) is 0 Å². The van der Waals surface area contributed by atoms with E-state index in [0.717, 1.165) is 5.92 Å². The summed E-state index contributed by atoms with van der Waals surface area (Å²) in [4.78, 5) is 0. The van der Waals surface area contributed by atoms with Crippen molar-refractivity contribution in [1.29, 1.82) is 0 Å². The van der Waals surface area contributed by atoms with Gasteiger partial charge >= 0.3 is 0 Å². The summed E-state index contributed by atoms with van der Waals surface area (Å²) in [6.45, 7) is 6.76. The molecule has 0 fully saturated rings. The van der Waals surface area contributed by atoms with Gasteiger partial charge in [-0.25, -0.2) is 0 Å². The van der Waals surface area contributed by atoms with Crippen molar-refractivity contribution in [3.05, 3.63) is 0 Å². The third kappa shape index (κ3) is 5.93. The fourth-order valence-electron chi connectivity index (χ4n) is 1.65. The van der Waals surface area contributed by atoms with Gasteiger partial charge in [0.2, 0.25) is 0 Å². The molecule has 0 aliphatic carbocycles. The summed E-state index contributed by atoms with van der Waals surface area (Å²) in [6.07, 6.45) is 8.16. The second-order valence-corrected chi connectivity index (χ2v) is 4.60. The lowest BCUT2D eigenvalue weighted by Crippen LogP contribution is -2.11. The molecule has 0 heterocycles. The van der Waals surface area contributed by atoms with Crippen LogP contribution in [0, 0.1) is 5.92 Å². The maximum atomic E-state index is 4.53. The van der Waals surface area contributed by atoms with Crippen LogP contribution in [0.15, 0.2) is 0 Å². The summed E-state index contributed by atoms with van der Waals surface area (Å²) in [5, 5.41) is 0.585. The highest BCUT2D eigenvalue weighted by atomic mass is 32.1. The second-order valence-electron chi connectivity index (χ2n) is 3.79. The zero-order chi connectivity index (χ0) is 9.40. The SMILES string of the molecule is CCCCCC(CCC)C(C)S. The van der Waals surface area contributed by atoms with Gasteiger partial charge in [0.05, 0.1) is 0 Å². The van der Waals surface area contributed by atoms with Crippen LogP contribution in [0.25, 0.3) is 0 Å². The summed E-state index contributed by atoms with van der Waals surface area (Å²) >= 11 is 4.53. The minimum absolute atomic E-state index is 0.585. The minimum atomic E-state index is 0.585. The first-order valence-electron chi connectivity index (χ1n) is 5.40. The third-order valence-corrected chi connectivity index (χ3v) is 2.94. The monoisotopic (exact) mass is 188 g/mol. The first-order chi connectivity index (χ1) is 5.72. The Kier molecular flexibility index (Phi) is 8.20. The Balaban J connectivity index is 3.49. The Morgan fingerprint density at radius 1 is 1.00 bits per heavy atom. The Bertz CT molecular complexity index is 89.0. The van der Waals surface area contributed by atoms with Gasteiger partial charge in [0.1, 0.15) is 0 Å². The van der Waals surface area contributed by atoms with Crippen molar-refractivity contribution >= 4 is 12.6 Å². The van der Waals surface area contributed by atoms with Crippen LogP contribution in [-0.2, 0) is 0 Å². The molecule has 0 N–H and O–H groups in total. The standard InChI is InChI=1S/C11H24S/c1-4-6-7-9-11(8-5-2)10(3)12/h10-12H,4-9H2,1-3H3. The molecule has 0 aromatic carbocycles. The van der Waals surface area contributed by atoms with E-state index in [1.807, 2.05) is 0 Å². The molecule has 12 heavy (non-hydrogen) atoms. The van der Waals surface area contributed by atoms with Crippen LogP contribution in [0.2, 0.25) is 0 Å². The molecule has 2 unspecified atom stereocenters. The van der Waals surface area contributed by atoms with E-state index < -0.39 is 0 Å². The number of unbranched alkanes of at least 4 members (excludes halogenated alkanes) is 2. The van der Waals surface area contributed by atoms with Crippen molar-refractivity contribution in [2.24, 2.45) is 5.92 Å². The van der Waals surface area contributed by atoms with E-state index in [1.54, 1.807) is 0 Å². The van der Waals surface area contributed by atoms with Crippen molar-refractivity contribution in [3.63, 3.8) is 0 Å². The van der Waals surface area contributed by atoms with Gasteiger partial charge in [0, 0.05) is 5.25 Å². The topological polar surface area (TPSA) is 0 Å². The molecule has 0 spiro atoms. The lowest BCUT2D eigenvalue weighted by Gasteiger charge is -2.18. The van der Waals surface area contributed by atoms with Crippen LogP contribution in [0.4, 0.5) is 0 Å². The summed E-state index contributed by atoms with van der Waals surface area (Å²) in [5.41, 5.74) is 0. The van der Waals surface area contributed by atoms with Crippen molar-refractivity contribution in [3.8, 4) is 0 Å². The molecule has 2 atom stereocenters. The summed E-state index contributed by atoms with van der Waals surface area (Å²) in [5.74, 6) is 0.852.